The Labute approximate surface area is 233 Å². The Kier molecular flexibility index (Phi) is 8.22. The van der Waals surface area contributed by atoms with E-state index in [1.165, 1.54) is 12.1 Å². The molecule has 9 nitrogen and oxygen atoms in total. The number of esters is 1. The summed E-state index contributed by atoms with van der Waals surface area (Å²) in [6.07, 6.45) is -3.39. The molecule has 1 unspecified atom stereocenters. The van der Waals surface area contributed by atoms with Gasteiger partial charge in [-0.2, -0.15) is 18.2 Å². The van der Waals surface area contributed by atoms with Crippen LogP contribution in [0.2, 0.25) is 0 Å². The largest absolute Gasteiger partial charge is 0.466 e. The maximum absolute atomic E-state index is 14.0. The Morgan fingerprint density at radius 1 is 1.10 bits per heavy atom. The molecule has 216 valence electrons. The smallest absolute Gasteiger partial charge is 0.422 e. The van der Waals surface area contributed by atoms with Gasteiger partial charge in [-0.25, -0.2) is 0 Å². The second-order valence-corrected chi connectivity index (χ2v) is 10.1. The van der Waals surface area contributed by atoms with E-state index in [1.807, 2.05) is 0 Å². The quantitative estimate of drug-likeness (QED) is 0.240. The molecule has 1 saturated heterocycles. The molecular formula is C29H29F3N4O5. The lowest BCUT2D eigenvalue weighted by Gasteiger charge is -2.38. The van der Waals surface area contributed by atoms with Gasteiger partial charge in [0.15, 0.2) is 11.5 Å². The lowest BCUT2D eigenvalue weighted by molar-refractivity contribution is -0.147. The Bertz CT molecular complexity index is 1460. The molecule has 3 heterocycles. The lowest BCUT2D eigenvalue weighted by Crippen LogP contribution is -2.42. The summed E-state index contributed by atoms with van der Waals surface area (Å²) < 4.78 is 57.5. The number of aliphatic hydroxyl groups excluding tert-OH is 1. The zero-order chi connectivity index (χ0) is 29.0. The highest BCUT2D eigenvalue weighted by Gasteiger charge is 2.43. The molecule has 0 bridgehead atoms. The maximum Gasteiger partial charge on any atom is 0.422 e. The van der Waals surface area contributed by atoms with Gasteiger partial charge in [-0.05, 0) is 43.7 Å². The third kappa shape index (κ3) is 6.33. The van der Waals surface area contributed by atoms with Crippen LogP contribution in [0.25, 0.3) is 34.3 Å². The van der Waals surface area contributed by atoms with Gasteiger partial charge in [0, 0.05) is 17.7 Å². The van der Waals surface area contributed by atoms with E-state index in [0.717, 1.165) is 19.4 Å². The molecule has 1 aliphatic heterocycles. The van der Waals surface area contributed by atoms with Crippen molar-refractivity contribution in [3.05, 3.63) is 65.7 Å². The number of hydrogen-bond acceptors (Lipinski definition) is 9. The highest BCUT2D eigenvalue weighted by Crippen LogP contribution is 2.43. The number of benzene rings is 2. The van der Waals surface area contributed by atoms with Crippen molar-refractivity contribution in [2.45, 2.75) is 44.9 Å². The second kappa shape index (κ2) is 11.8. The third-order valence-corrected chi connectivity index (χ3v) is 7.21. The fourth-order valence-corrected chi connectivity index (χ4v) is 5.25. The van der Waals surface area contributed by atoms with Gasteiger partial charge in [-0.15, -0.1) is 0 Å². The van der Waals surface area contributed by atoms with Gasteiger partial charge in [0.2, 0.25) is 5.82 Å². The standard InChI is InChI=1S/C29H29F3N4O5/c1-2-39-22(38)16-28(13-6-14-33-17-28)15-21(37)18-9-11-20(12-10-18)26-34-27(41-36-26)24-23(29(30,31)32)25(40-35-24)19-7-4-3-5-8-19/h3-5,7-12,21,33,37H,2,6,13-17H2,1H3/t21?,28-/m1/s1. The Balaban J connectivity index is 1.35. The van der Waals surface area contributed by atoms with Gasteiger partial charge in [0.1, 0.15) is 5.56 Å². The molecule has 2 N–H and O–H groups in total. The summed E-state index contributed by atoms with van der Waals surface area (Å²) in [6, 6.07) is 14.5. The molecule has 0 spiro atoms. The van der Waals surface area contributed by atoms with Crippen LogP contribution in [0.5, 0.6) is 0 Å². The SMILES string of the molecule is CCOC(=O)C[C@]1(CC(O)c2ccc(-c3noc(-c4noc(-c5ccccc5)c4C(F)(F)F)n3)cc2)CCCNC1. The van der Waals surface area contributed by atoms with Crippen molar-refractivity contribution >= 4 is 5.97 Å². The van der Waals surface area contributed by atoms with Crippen LogP contribution in [0, 0.1) is 5.41 Å². The van der Waals surface area contributed by atoms with Gasteiger partial charge < -0.3 is 24.2 Å². The summed E-state index contributed by atoms with van der Waals surface area (Å²) in [6.45, 7) is 3.51. The number of alkyl halides is 3. The molecule has 2 aromatic heterocycles. The fourth-order valence-electron chi connectivity index (χ4n) is 5.25. The number of nitrogens with one attached hydrogen (secondary N) is 1. The van der Waals surface area contributed by atoms with Crippen molar-refractivity contribution in [3.8, 4) is 34.3 Å². The van der Waals surface area contributed by atoms with Crippen molar-refractivity contribution in [1.29, 1.82) is 0 Å². The van der Waals surface area contributed by atoms with Crippen LogP contribution in [0.15, 0.2) is 63.6 Å². The van der Waals surface area contributed by atoms with Gasteiger partial charge in [-0.1, -0.05) is 64.9 Å². The van der Waals surface area contributed by atoms with Crippen LogP contribution >= 0.6 is 0 Å². The first-order valence-corrected chi connectivity index (χ1v) is 13.3. The highest BCUT2D eigenvalue weighted by atomic mass is 19.4. The minimum absolute atomic E-state index is 0.0497. The molecular weight excluding hydrogens is 541 g/mol. The van der Waals surface area contributed by atoms with E-state index in [2.05, 4.69) is 20.6 Å². The Hall–Kier alpha value is -4.03. The molecule has 41 heavy (non-hydrogen) atoms. The highest BCUT2D eigenvalue weighted by molar-refractivity contribution is 5.71. The van der Waals surface area contributed by atoms with Crippen LogP contribution < -0.4 is 5.32 Å². The zero-order valence-corrected chi connectivity index (χ0v) is 22.3. The average molecular weight is 571 g/mol. The summed E-state index contributed by atoms with van der Waals surface area (Å²) >= 11 is 0. The molecule has 5 rings (SSSR count). The number of aromatic nitrogens is 3. The minimum Gasteiger partial charge on any atom is -0.466 e. The predicted octanol–water partition coefficient (Wildman–Crippen LogP) is 5.82. The first-order valence-electron chi connectivity index (χ1n) is 13.3. The topological polar surface area (TPSA) is 124 Å². The average Bonchev–Trinajstić information content (AvgIpc) is 3.62. The van der Waals surface area contributed by atoms with Gasteiger partial charge in [-0.3, -0.25) is 4.79 Å². The normalized spacial score (nSPS) is 18.3. The van der Waals surface area contributed by atoms with Crippen molar-refractivity contribution < 1.29 is 36.9 Å². The summed E-state index contributed by atoms with van der Waals surface area (Å²) in [5.41, 5.74) is -0.842. The molecule has 0 aliphatic carbocycles. The van der Waals surface area contributed by atoms with E-state index in [1.54, 1.807) is 49.4 Å². The summed E-state index contributed by atoms with van der Waals surface area (Å²) in [4.78, 5) is 16.4. The molecule has 0 amide bonds. The number of ether oxygens (including phenoxy) is 1. The minimum atomic E-state index is -4.79. The number of hydrogen-bond donors (Lipinski definition) is 2. The van der Waals surface area contributed by atoms with E-state index < -0.39 is 40.6 Å². The molecule has 1 fully saturated rings. The fraction of sp³-hybridized carbons (Fsp3) is 0.379. The van der Waals surface area contributed by atoms with Crippen LogP contribution in [0.3, 0.4) is 0 Å². The molecule has 2 atom stereocenters. The first kappa shape index (κ1) is 28.5. The molecule has 4 aromatic rings. The number of halogens is 3. The van der Waals surface area contributed by atoms with Crippen molar-refractivity contribution in [3.63, 3.8) is 0 Å². The number of carbonyl (C=O) groups excluding carboxylic acids is 1. The molecule has 2 aromatic carbocycles. The Morgan fingerprint density at radius 3 is 2.51 bits per heavy atom. The van der Waals surface area contributed by atoms with Crippen LogP contribution in [-0.2, 0) is 15.7 Å². The molecule has 0 saturated carbocycles. The predicted molar refractivity (Wildman–Crippen MR) is 141 cm³/mol. The van der Waals surface area contributed by atoms with Crippen LogP contribution in [-0.4, -0.2) is 46.1 Å². The monoisotopic (exact) mass is 570 g/mol. The van der Waals surface area contributed by atoms with E-state index in [4.69, 9.17) is 13.8 Å². The lowest BCUT2D eigenvalue weighted by atomic mass is 9.73. The van der Waals surface area contributed by atoms with E-state index >= 15 is 0 Å². The molecule has 0 radical (unpaired) electrons. The number of carbonyl (C=O) groups is 1. The molecule has 1 aliphatic rings. The maximum atomic E-state index is 14.0. The molecule has 12 heteroatoms. The number of piperidine rings is 1. The van der Waals surface area contributed by atoms with E-state index in [0.29, 0.717) is 30.7 Å². The summed E-state index contributed by atoms with van der Waals surface area (Å²) in [7, 11) is 0. The first-order chi connectivity index (χ1) is 19.7. The number of rotatable bonds is 9. The summed E-state index contributed by atoms with van der Waals surface area (Å²) in [5.74, 6) is -1.12. The van der Waals surface area contributed by atoms with Gasteiger partial charge in [0.05, 0.1) is 19.1 Å². The number of nitrogens with zero attached hydrogens (tertiary/aromatic N) is 3. The second-order valence-electron chi connectivity index (χ2n) is 10.1. The van der Waals surface area contributed by atoms with E-state index in [-0.39, 0.29) is 23.8 Å². The van der Waals surface area contributed by atoms with Crippen molar-refractivity contribution in [2.24, 2.45) is 5.41 Å². The number of aliphatic hydroxyl groups is 1. The van der Waals surface area contributed by atoms with Crippen molar-refractivity contribution in [2.75, 3.05) is 19.7 Å². The van der Waals surface area contributed by atoms with E-state index in [9.17, 15) is 23.1 Å². The Morgan fingerprint density at radius 2 is 1.85 bits per heavy atom. The third-order valence-electron chi connectivity index (χ3n) is 7.21. The zero-order valence-electron chi connectivity index (χ0n) is 22.3. The summed E-state index contributed by atoms with van der Waals surface area (Å²) in [5, 5.41) is 21.8. The van der Waals surface area contributed by atoms with Crippen molar-refractivity contribution in [1.82, 2.24) is 20.6 Å². The van der Waals surface area contributed by atoms with Crippen LogP contribution in [0.4, 0.5) is 13.2 Å². The van der Waals surface area contributed by atoms with Gasteiger partial charge >= 0.3 is 12.1 Å². The van der Waals surface area contributed by atoms with Crippen LogP contribution in [0.1, 0.15) is 49.8 Å². The van der Waals surface area contributed by atoms with Gasteiger partial charge in [0.25, 0.3) is 5.89 Å².